The smallest absolute Gasteiger partial charge is 0.490 e. The number of sulfonamides is 1. The third-order valence-corrected chi connectivity index (χ3v) is 12.3. The van der Waals surface area contributed by atoms with E-state index in [1.165, 1.54) is 44.2 Å². The number of hydrogen-bond donors (Lipinski definition) is 3. The molecule has 15 heteroatoms. The first kappa shape index (κ1) is 47.5. The van der Waals surface area contributed by atoms with Gasteiger partial charge in [0.2, 0.25) is 15.9 Å². The number of likely N-dealkylation sites (tertiary alicyclic amines) is 1. The quantitative estimate of drug-likeness (QED) is 0.102. The van der Waals surface area contributed by atoms with Crippen molar-refractivity contribution in [1.29, 1.82) is 0 Å². The first-order chi connectivity index (χ1) is 29.6. The molecule has 0 unspecified atom stereocenters. The van der Waals surface area contributed by atoms with Gasteiger partial charge in [-0.05, 0) is 133 Å². The molecule has 2 heterocycles. The molecule has 4 aromatic rings. The zero-order valence-electron chi connectivity index (χ0n) is 34.9. The minimum atomic E-state index is -5.08. The van der Waals surface area contributed by atoms with Crippen molar-refractivity contribution in [1.82, 2.24) is 15.1 Å². The number of halogens is 3. The van der Waals surface area contributed by atoms with E-state index < -0.39 is 22.2 Å². The lowest BCUT2D eigenvalue weighted by Gasteiger charge is -2.32. The topological polar surface area (TPSA) is 159 Å². The Balaban J connectivity index is 0.000000955. The number of ether oxygens (including phenoxy) is 1. The molecule has 0 radical (unpaired) electrons. The average molecular weight is 877 g/mol. The number of piperidine rings is 2. The highest BCUT2D eigenvalue weighted by atomic mass is 32.2. The maximum atomic E-state index is 13.7. The zero-order valence-corrected chi connectivity index (χ0v) is 35.7. The summed E-state index contributed by atoms with van der Waals surface area (Å²) in [4.78, 5) is 40.1. The maximum absolute atomic E-state index is 13.7. The Morgan fingerprint density at radius 3 is 2.05 bits per heavy atom. The number of amides is 2. The number of primary sulfonamides is 1. The summed E-state index contributed by atoms with van der Waals surface area (Å²) in [5.74, 6) is -0.500. The number of carbonyl (C=O) groups is 3. The fraction of sp³-hybridized carbons (Fsp3) is 0.383. The lowest BCUT2D eigenvalue weighted by molar-refractivity contribution is -0.192. The Bertz CT molecular complexity index is 2240. The maximum Gasteiger partial charge on any atom is 0.490 e. The van der Waals surface area contributed by atoms with Crippen LogP contribution < -0.4 is 15.2 Å². The molecule has 62 heavy (non-hydrogen) atoms. The SMILES string of the molecule is COc1ccc(C=CC(=O)N(CCc2ccc(S(N)(=O)=O)cc2)Cc2cccc(-c3cccc(C(=O)N4CCC(CCCC5CCNCC5)CC4)c3)c2)cc1.O=C(O)C(F)(F)F. The molecule has 2 aliphatic rings. The molecule has 0 aliphatic carbocycles. The van der Waals surface area contributed by atoms with Gasteiger partial charge in [0.15, 0.2) is 0 Å². The van der Waals surface area contributed by atoms with Crippen LogP contribution in [0, 0.1) is 11.8 Å². The van der Waals surface area contributed by atoms with Crippen molar-refractivity contribution < 1.29 is 45.8 Å². The number of nitrogens with two attached hydrogens (primary N) is 1. The second kappa shape index (κ2) is 22.5. The molecule has 0 saturated carbocycles. The van der Waals surface area contributed by atoms with Gasteiger partial charge >= 0.3 is 12.1 Å². The molecule has 0 bridgehead atoms. The van der Waals surface area contributed by atoms with Gasteiger partial charge in [0, 0.05) is 37.8 Å². The van der Waals surface area contributed by atoms with Crippen LogP contribution in [0.5, 0.6) is 5.75 Å². The Hall–Kier alpha value is -5.51. The Labute approximate surface area is 361 Å². The van der Waals surface area contributed by atoms with E-state index in [2.05, 4.69) is 11.4 Å². The zero-order chi connectivity index (χ0) is 44.7. The van der Waals surface area contributed by atoms with Gasteiger partial charge in [0.1, 0.15) is 5.75 Å². The van der Waals surface area contributed by atoms with E-state index in [0.29, 0.717) is 31.0 Å². The first-order valence-electron chi connectivity index (χ1n) is 20.8. The number of benzene rings is 4. The van der Waals surface area contributed by atoms with Gasteiger partial charge in [-0.25, -0.2) is 18.4 Å². The summed E-state index contributed by atoms with van der Waals surface area (Å²) in [5.41, 5.74) is 5.33. The standard InChI is InChI=1S/C45H54N4O5S.C2HF3O2/c1-54-42-16-11-36(12-17-42)15-20-44(50)49(30-25-37-13-18-43(19-14-37)55(46,52)53)33-38-7-3-8-39(31-38)40-9-4-10-41(32-40)45(51)48-28-23-35(24-29-48)6-2-5-34-21-26-47-27-22-34;3-2(4,5)1(6)7/h3-4,7-20,31-32,34-35,47H,2,5-6,21-30,33H2,1H3,(H2,46,52,53);(H,6,7). The molecule has 6 rings (SSSR count). The molecule has 2 aliphatic heterocycles. The highest BCUT2D eigenvalue weighted by molar-refractivity contribution is 7.89. The molecular weight excluding hydrogens is 822 g/mol. The Morgan fingerprint density at radius 2 is 1.45 bits per heavy atom. The average Bonchev–Trinajstić information content (AvgIpc) is 3.27. The number of alkyl halides is 3. The largest absolute Gasteiger partial charge is 0.497 e. The summed E-state index contributed by atoms with van der Waals surface area (Å²) >= 11 is 0. The van der Waals surface area contributed by atoms with E-state index in [0.717, 1.165) is 78.5 Å². The van der Waals surface area contributed by atoms with Crippen molar-refractivity contribution >= 4 is 33.9 Å². The third-order valence-electron chi connectivity index (χ3n) is 11.3. The second-order valence-corrected chi connectivity index (χ2v) is 17.3. The summed E-state index contributed by atoms with van der Waals surface area (Å²) in [5, 5.41) is 15.9. The minimum absolute atomic E-state index is 0.0485. The van der Waals surface area contributed by atoms with Crippen molar-refractivity contribution in [3.05, 3.63) is 125 Å². The molecule has 2 saturated heterocycles. The number of rotatable bonds is 15. The molecule has 0 spiro atoms. The molecular formula is C47H55F3N4O7S. The van der Waals surface area contributed by atoms with E-state index in [4.69, 9.17) is 19.8 Å². The van der Waals surface area contributed by atoms with Gasteiger partial charge in [-0.1, -0.05) is 73.9 Å². The van der Waals surface area contributed by atoms with Crippen LogP contribution in [-0.4, -0.2) is 87.1 Å². The number of nitrogens with one attached hydrogen (secondary N) is 1. The fourth-order valence-electron chi connectivity index (χ4n) is 7.74. The molecule has 2 amide bonds. The van der Waals surface area contributed by atoms with Crippen molar-refractivity contribution in [2.45, 2.75) is 69.0 Å². The molecule has 332 valence electrons. The number of nitrogens with zero attached hydrogens (tertiary/aromatic N) is 2. The van der Waals surface area contributed by atoms with Gasteiger partial charge in [-0.15, -0.1) is 0 Å². The number of hydrogen-bond acceptors (Lipinski definition) is 7. The van der Waals surface area contributed by atoms with E-state index in [9.17, 15) is 31.2 Å². The van der Waals surface area contributed by atoms with Crippen LogP contribution in [-0.2, 0) is 32.6 Å². The molecule has 4 N–H and O–H groups in total. The predicted octanol–water partition coefficient (Wildman–Crippen LogP) is 7.95. The van der Waals surface area contributed by atoms with Gasteiger partial charge in [-0.2, -0.15) is 13.2 Å². The number of methoxy groups -OCH3 is 1. The number of carboxylic acid groups (broad SMARTS) is 1. The summed E-state index contributed by atoms with van der Waals surface area (Å²) in [7, 11) is -2.18. The minimum Gasteiger partial charge on any atom is -0.497 e. The van der Waals surface area contributed by atoms with Crippen LogP contribution in [0.1, 0.15) is 72.0 Å². The number of carbonyl (C=O) groups excluding carboxylic acids is 2. The van der Waals surface area contributed by atoms with Crippen LogP contribution in [0.4, 0.5) is 13.2 Å². The number of aliphatic carboxylic acids is 1. The molecule has 0 atom stereocenters. The van der Waals surface area contributed by atoms with E-state index in [-0.39, 0.29) is 16.7 Å². The Morgan fingerprint density at radius 1 is 0.855 bits per heavy atom. The van der Waals surface area contributed by atoms with Gasteiger partial charge in [0.05, 0.1) is 12.0 Å². The van der Waals surface area contributed by atoms with Crippen LogP contribution in [0.15, 0.2) is 108 Å². The van der Waals surface area contributed by atoms with Gasteiger partial charge < -0.3 is 25.0 Å². The van der Waals surface area contributed by atoms with Gasteiger partial charge in [0.25, 0.3) is 5.91 Å². The van der Waals surface area contributed by atoms with Crippen LogP contribution in [0.25, 0.3) is 17.2 Å². The second-order valence-electron chi connectivity index (χ2n) is 15.7. The molecule has 2 fully saturated rings. The van der Waals surface area contributed by atoms with E-state index in [1.54, 1.807) is 36.3 Å². The molecule has 0 aromatic heterocycles. The van der Waals surface area contributed by atoms with Gasteiger partial charge in [-0.3, -0.25) is 9.59 Å². The van der Waals surface area contributed by atoms with Crippen LogP contribution in [0.3, 0.4) is 0 Å². The summed E-state index contributed by atoms with van der Waals surface area (Å²) in [6.07, 6.45) is 7.47. The fourth-order valence-corrected chi connectivity index (χ4v) is 8.25. The monoisotopic (exact) mass is 876 g/mol. The Kier molecular flexibility index (Phi) is 17.3. The highest BCUT2D eigenvalue weighted by Gasteiger charge is 2.38. The van der Waals surface area contributed by atoms with Crippen molar-refractivity contribution in [3.63, 3.8) is 0 Å². The highest BCUT2D eigenvalue weighted by Crippen LogP contribution is 2.28. The third kappa shape index (κ3) is 14.8. The molecule has 4 aromatic carbocycles. The van der Waals surface area contributed by atoms with Crippen molar-refractivity contribution in [3.8, 4) is 16.9 Å². The number of carboxylic acids is 1. The first-order valence-corrected chi connectivity index (χ1v) is 22.4. The van der Waals surface area contributed by atoms with Crippen molar-refractivity contribution in [2.24, 2.45) is 17.0 Å². The van der Waals surface area contributed by atoms with E-state index in [1.807, 2.05) is 71.6 Å². The van der Waals surface area contributed by atoms with Crippen molar-refractivity contribution in [2.75, 3.05) is 39.8 Å². The predicted molar refractivity (Wildman–Crippen MR) is 233 cm³/mol. The summed E-state index contributed by atoms with van der Waals surface area (Å²) in [6, 6.07) is 29.9. The van der Waals surface area contributed by atoms with Crippen LogP contribution >= 0.6 is 0 Å². The normalized spacial score (nSPS) is 15.1. The lowest BCUT2D eigenvalue weighted by Crippen LogP contribution is -2.38. The summed E-state index contributed by atoms with van der Waals surface area (Å²) in [6.45, 7) is 4.71. The lowest BCUT2D eigenvalue weighted by atomic mass is 9.87. The van der Waals surface area contributed by atoms with E-state index >= 15 is 0 Å². The summed E-state index contributed by atoms with van der Waals surface area (Å²) < 4.78 is 60.5. The molecule has 11 nitrogen and oxygen atoms in total. The van der Waals surface area contributed by atoms with Crippen LogP contribution in [0.2, 0.25) is 0 Å².